The highest BCUT2D eigenvalue weighted by atomic mass is 19.1. The van der Waals surface area contributed by atoms with E-state index in [1.807, 2.05) is 6.07 Å². The van der Waals surface area contributed by atoms with Gasteiger partial charge >= 0.3 is 5.97 Å². The van der Waals surface area contributed by atoms with Crippen LogP contribution in [0.1, 0.15) is 55.4 Å². The summed E-state index contributed by atoms with van der Waals surface area (Å²) in [7, 11) is 1.34. The zero-order chi connectivity index (χ0) is 31.2. The molecular weight excluding hydrogens is 577 g/mol. The number of fused-ring (bicyclic) bond motifs is 2. The van der Waals surface area contributed by atoms with Crippen LogP contribution in [0.4, 0.5) is 13.2 Å². The Morgan fingerprint density at radius 1 is 1.09 bits per heavy atom. The van der Waals surface area contributed by atoms with Crippen molar-refractivity contribution in [2.75, 3.05) is 13.7 Å². The van der Waals surface area contributed by atoms with Crippen LogP contribution in [0.2, 0.25) is 0 Å². The Balaban J connectivity index is 1.20. The van der Waals surface area contributed by atoms with Gasteiger partial charge in [-0.05, 0) is 44.9 Å². The molecule has 2 unspecified atom stereocenters. The molecule has 1 aromatic heterocycles. The molecule has 0 radical (unpaired) electrons. The first-order valence-electron chi connectivity index (χ1n) is 14.2. The highest BCUT2D eigenvalue weighted by molar-refractivity contribution is 5.71. The van der Waals surface area contributed by atoms with E-state index in [0.717, 1.165) is 17.7 Å². The molecule has 3 aromatic carbocycles. The van der Waals surface area contributed by atoms with Gasteiger partial charge in [-0.15, -0.1) is 0 Å². The van der Waals surface area contributed by atoms with Gasteiger partial charge in [0.25, 0.3) is 0 Å². The molecule has 4 aromatic rings. The van der Waals surface area contributed by atoms with E-state index < -0.39 is 29.2 Å². The molecule has 2 atom stereocenters. The molecular formula is C33H31F3N2O6. The van der Waals surface area contributed by atoms with E-state index in [4.69, 9.17) is 18.9 Å². The number of carbonyl (C=O) groups excluding carboxylic acids is 1. The maximum atomic E-state index is 15.2. The van der Waals surface area contributed by atoms with Crippen molar-refractivity contribution in [1.82, 2.24) is 9.78 Å². The molecule has 8 nitrogen and oxygen atoms in total. The highest BCUT2D eigenvalue weighted by Crippen LogP contribution is 2.45. The van der Waals surface area contributed by atoms with Crippen LogP contribution in [0.3, 0.4) is 0 Å². The van der Waals surface area contributed by atoms with Crippen LogP contribution in [0.5, 0.6) is 23.0 Å². The Labute approximate surface area is 251 Å². The Morgan fingerprint density at radius 3 is 2.59 bits per heavy atom. The van der Waals surface area contributed by atoms with Crippen LogP contribution < -0.4 is 14.2 Å². The zero-order valence-corrected chi connectivity index (χ0v) is 24.4. The highest BCUT2D eigenvalue weighted by Gasteiger charge is 2.32. The lowest BCUT2D eigenvalue weighted by Crippen LogP contribution is -2.26. The van der Waals surface area contributed by atoms with Gasteiger partial charge in [-0.25, -0.2) is 13.2 Å². The normalized spacial score (nSPS) is 17.2. The van der Waals surface area contributed by atoms with Crippen LogP contribution in [0, 0.1) is 17.5 Å². The van der Waals surface area contributed by atoms with E-state index in [2.05, 4.69) is 5.10 Å². The number of hydrogen-bond acceptors (Lipinski definition) is 7. The third-order valence-corrected chi connectivity index (χ3v) is 7.74. The predicted octanol–water partition coefficient (Wildman–Crippen LogP) is 6.64. The lowest BCUT2D eigenvalue weighted by atomic mass is 9.98. The van der Waals surface area contributed by atoms with Crippen molar-refractivity contribution in [1.29, 1.82) is 0 Å². The number of hydrogen-bond donors (Lipinski definition) is 1. The molecule has 44 heavy (non-hydrogen) atoms. The summed E-state index contributed by atoms with van der Waals surface area (Å²) in [5.74, 6) is -1.33. The monoisotopic (exact) mass is 608 g/mol. The fourth-order valence-corrected chi connectivity index (χ4v) is 5.79. The van der Waals surface area contributed by atoms with Gasteiger partial charge in [-0.3, -0.25) is 9.48 Å². The minimum atomic E-state index is -1.05. The maximum Gasteiger partial charge on any atom is 0.306 e. The van der Waals surface area contributed by atoms with E-state index in [0.29, 0.717) is 42.1 Å². The number of carbonyl (C=O) groups is 1. The number of rotatable bonds is 9. The quantitative estimate of drug-likeness (QED) is 0.213. The largest absolute Gasteiger partial charge is 0.492 e. The van der Waals surface area contributed by atoms with Gasteiger partial charge in [0, 0.05) is 52.6 Å². The van der Waals surface area contributed by atoms with Gasteiger partial charge in [-0.2, -0.15) is 5.10 Å². The fourth-order valence-electron chi connectivity index (χ4n) is 5.79. The van der Waals surface area contributed by atoms with Crippen LogP contribution in [0.25, 0.3) is 11.1 Å². The summed E-state index contributed by atoms with van der Waals surface area (Å²) in [6.07, 6.45) is 3.27. The molecule has 6 rings (SSSR count). The van der Waals surface area contributed by atoms with Crippen LogP contribution in [0.15, 0.2) is 54.9 Å². The SMILES string of the molecule is COC(=O)CC1COc2cc(OC3CCc4c(Oc5cc(F)c(-c6cnn(CC(C)(C)O)c6)c(F)c5)ccc(F)c43)ccc21. The van der Waals surface area contributed by atoms with Crippen molar-refractivity contribution in [3.63, 3.8) is 0 Å². The summed E-state index contributed by atoms with van der Waals surface area (Å²) in [5, 5.41) is 14.1. The van der Waals surface area contributed by atoms with Gasteiger partial charge < -0.3 is 24.1 Å². The molecule has 0 amide bonds. The van der Waals surface area contributed by atoms with Gasteiger partial charge in [-0.1, -0.05) is 6.07 Å². The fraction of sp³-hybridized carbons (Fsp3) is 0.333. The van der Waals surface area contributed by atoms with E-state index >= 15 is 13.2 Å². The Morgan fingerprint density at radius 2 is 1.86 bits per heavy atom. The first-order valence-corrected chi connectivity index (χ1v) is 14.2. The third-order valence-electron chi connectivity index (χ3n) is 7.74. The summed E-state index contributed by atoms with van der Waals surface area (Å²) in [4.78, 5) is 11.7. The molecule has 0 saturated heterocycles. The molecule has 2 heterocycles. The molecule has 0 spiro atoms. The molecule has 2 aliphatic rings. The van der Waals surface area contributed by atoms with Crippen LogP contribution >= 0.6 is 0 Å². The number of nitrogens with zero attached hydrogens (tertiary/aromatic N) is 2. The second-order valence-corrected chi connectivity index (χ2v) is 11.7. The Hall–Kier alpha value is -4.51. The number of benzene rings is 3. The van der Waals surface area contributed by atoms with E-state index in [9.17, 15) is 9.90 Å². The first-order chi connectivity index (χ1) is 21.0. The Bertz CT molecular complexity index is 1710. The van der Waals surface area contributed by atoms with Crippen molar-refractivity contribution in [2.45, 2.75) is 57.3 Å². The average Bonchev–Trinajstić information content (AvgIpc) is 3.69. The standard InChI is InChI=1S/C33H31F3N2O6/c1-33(2,40)17-38-15-19(14-37-38)31-25(35)11-21(12-26(31)36)44-27-9-7-24(34)32-23(27)6-8-28(32)43-20-4-5-22-18(10-30(39)41-3)16-42-29(22)13-20/h4-5,7,9,11-15,18,28,40H,6,8,10,16-17H2,1-3H3. The van der Waals surface area contributed by atoms with E-state index in [1.165, 1.54) is 36.3 Å². The lowest BCUT2D eigenvalue weighted by molar-refractivity contribution is -0.141. The molecule has 1 aliphatic heterocycles. The second kappa shape index (κ2) is 11.5. The van der Waals surface area contributed by atoms with Crippen molar-refractivity contribution in [2.24, 2.45) is 0 Å². The number of aliphatic hydroxyl groups is 1. The van der Waals surface area contributed by atoms with Gasteiger partial charge in [0.2, 0.25) is 0 Å². The smallest absolute Gasteiger partial charge is 0.306 e. The van der Waals surface area contributed by atoms with E-state index in [-0.39, 0.29) is 47.5 Å². The van der Waals surface area contributed by atoms with Crippen molar-refractivity contribution < 1.29 is 42.0 Å². The lowest BCUT2D eigenvalue weighted by Gasteiger charge is -2.17. The third kappa shape index (κ3) is 5.96. The molecule has 1 aliphatic carbocycles. The molecule has 11 heteroatoms. The number of aromatic nitrogens is 2. The molecule has 0 bridgehead atoms. The second-order valence-electron chi connectivity index (χ2n) is 11.7. The molecule has 0 fully saturated rings. The van der Waals surface area contributed by atoms with Gasteiger partial charge in [0.1, 0.15) is 46.6 Å². The topological polar surface area (TPSA) is 92.0 Å². The number of halogens is 3. The summed E-state index contributed by atoms with van der Waals surface area (Å²) >= 11 is 0. The van der Waals surface area contributed by atoms with Crippen molar-refractivity contribution in [3.8, 4) is 34.1 Å². The van der Waals surface area contributed by atoms with E-state index in [1.54, 1.807) is 26.0 Å². The summed E-state index contributed by atoms with van der Waals surface area (Å²) in [6, 6.07) is 10.1. The predicted molar refractivity (Wildman–Crippen MR) is 153 cm³/mol. The summed E-state index contributed by atoms with van der Waals surface area (Å²) < 4.78 is 69.5. The minimum Gasteiger partial charge on any atom is -0.492 e. The van der Waals surface area contributed by atoms with Crippen LogP contribution in [-0.2, 0) is 22.5 Å². The zero-order valence-electron chi connectivity index (χ0n) is 24.4. The Kier molecular flexibility index (Phi) is 7.75. The number of methoxy groups -OCH3 is 1. The average molecular weight is 609 g/mol. The van der Waals surface area contributed by atoms with Crippen LogP contribution in [-0.4, -0.2) is 40.2 Å². The molecule has 1 N–H and O–H groups in total. The number of esters is 1. The maximum absolute atomic E-state index is 15.2. The minimum absolute atomic E-state index is 0.0805. The van der Waals surface area contributed by atoms with Crippen molar-refractivity contribution >= 4 is 5.97 Å². The van der Waals surface area contributed by atoms with Gasteiger partial charge in [0.15, 0.2) is 0 Å². The molecule has 230 valence electrons. The number of ether oxygens (including phenoxy) is 4. The van der Waals surface area contributed by atoms with Crippen molar-refractivity contribution in [3.05, 3.63) is 89.0 Å². The summed E-state index contributed by atoms with van der Waals surface area (Å²) in [5.41, 5.74) is 0.655. The molecule has 0 saturated carbocycles. The van der Waals surface area contributed by atoms with Gasteiger partial charge in [0.05, 0.1) is 44.0 Å². The summed E-state index contributed by atoms with van der Waals surface area (Å²) in [6.45, 7) is 3.71. The first kappa shape index (κ1) is 29.6.